The normalized spacial score (nSPS) is 10.0. The zero-order valence-electron chi connectivity index (χ0n) is 6.89. The van der Waals surface area contributed by atoms with Gasteiger partial charge in [-0.15, -0.1) is 0 Å². The fraction of sp³-hybridized carbons (Fsp3) is 0.375. The van der Waals surface area contributed by atoms with Crippen LogP contribution in [-0.2, 0) is 6.42 Å². The van der Waals surface area contributed by atoms with Crippen LogP contribution in [0.1, 0.15) is 18.2 Å². The summed E-state index contributed by atoms with van der Waals surface area (Å²) in [5.41, 5.74) is 14.6. The summed E-state index contributed by atoms with van der Waals surface area (Å²) in [6.07, 6.45) is 2.49. The third-order valence-corrected chi connectivity index (χ3v) is 1.82. The molecule has 3 heteroatoms. The van der Waals surface area contributed by atoms with Crippen LogP contribution >= 0.6 is 0 Å². The third kappa shape index (κ3) is 1.27. The van der Waals surface area contributed by atoms with Crippen LogP contribution in [0.4, 0.5) is 11.4 Å². The van der Waals surface area contributed by atoms with E-state index in [4.69, 9.17) is 11.5 Å². The number of aromatic nitrogens is 1. The predicted octanol–water partition coefficient (Wildman–Crippen LogP) is 1.12. The summed E-state index contributed by atoms with van der Waals surface area (Å²) in [7, 11) is 0. The topological polar surface area (TPSA) is 64.9 Å². The minimum Gasteiger partial charge on any atom is -0.397 e. The SMILES string of the molecule is CCc1c(C)ncc(N)c1N. The van der Waals surface area contributed by atoms with Crippen LogP contribution in [0.25, 0.3) is 0 Å². The van der Waals surface area contributed by atoms with Crippen molar-refractivity contribution >= 4 is 11.4 Å². The van der Waals surface area contributed by atoms with Gasteiger partial charge < -0.3 is 11.5 Å². The highest BCUT2D eigenvalue weighted by Crippen LogP contribution is 2.21. The van der Waals surface area contributed by atoms with Gasteiger partial charge in [0.15, 0.2) is 0 Å². The molecule has 11 heavy (non-hydrogen) atoms. The van der Waals surface area contributed by atoms with Gasteiger partial charge in [-0.25, -0.2) is 0 Å². The molecule has 0 bridgehead atoms. The molecule has 0 spiro atoms. The summed E-state index contributed by atoms with van der Waals surface area (Å²) < 4.78 is 0. The molecule has 0 radical (unpaired) electrons. The number of aryl methyl sites for hydroxylation is 1. The molecule has 1 rings (SSSR count). The third-order valence-electron chi connectivity index (χ3n) is 1.82. The van der Waals surface area contributed by atoms with Crippen LogP contribution < -0.4 is 11.5 Å². The van der Waals surface area contributed by atoms with Crippen LogP contribution in [0.3, 0.4) is 0 Å². The second-order valence-corrected chi connectivity index (χ2v) is 2.54. The number of pyridine rings is 1. The van der Waals surface area contributed by atoms with E-state index in [-0.39, 0.29) is 0 Å². The second-order valence-electron chi connectivity index (χ2n) is 2.54. The minimum atomic E-state index is 0.576. The lowest BCUT2D eigenvalue weighted by atomic mass is 10.1. The first-order valence-corrected chi connectivity index (χ1v) is 3.66. The summed E-state index contributed by atoms with van der Waals surface area (Å²) in [5, 5.41) is 0. The van der Waals surface area contributed by atoms with Crippen molar-refractivity contribution in [2.75, 3.05) is 11.5 Å². The monoisotopic (exact) mass is 151 g/mol. The maximum absolute atomic E-state index is 5.73. The number of nitrogens with two attached hydrogens (primary N) is 2. The van der Waals surface area contributed by atoms with E-state index in [0.717, 1.165) is 17.7 Å². The maximum Gasteiger partial charge on any atom is 0.0737 e. The minimum absolute atomic E-state index is 0.576. The molecule has 3 nitrogen and oxygen atoms in total. The molecule has 60 valence electrons. The van der Waals surface area contributed by atoms with Gasteiger partial charge in [0.05, 0.1) is 17.6 Å². The molecule has 4 N–H and O–H groups in total. The Morgan fingerprint density at radius 1 is 1.45 bits per heavy atom. The first-order chi connectivity index (χ1) is 5.16. The van der Waals surface area contributed by atoms with E-state index in [1.807, 2.05) is 13.8 Å². The molecule has 0 unspecified atom stereocenters. The Morgan fingerprint density at radius 3 is 2.55 bits per heavy atom. The van der Waals surface area contributed by atoms with E-state index in [1.165, 1.54) is 0 Å². The molecular formula is C8H13N3. The fourth-order valence-electron chi connectivity index (χ4n) is 1.13. The van der Waals surface area contributed by atoms with Gasteiger partial charge in [0.1, 0.15) is 0 Å². The molecule has 0 aliphatic carbocycles. The molecule has 1 aromatic rings. The van der Waals surface area contributed by atoms with Gasteiger partial charge in [-0.1, -0.05) is 6.92 Å². The highest BCUT2D eigenvalue weighted by molar-refractivity contribution is 5.66. The summed E-state index contributed by atoms with van der Waals surface area (Å²) >= 11 is 0. The lowest BCUT2D eigenvalue weighted by Gasteiger charge is -2.07. The van der Waals surface area contributed by atoms with Crippen LogP contribution in [-0.4, -0.2) is 4.98 Å². The summed E-state index contributed by atoms with van der Waals surface area (Å²) in [5.74, 6) is 0. The van der Waals surface area contributed by atoms with Crippen molar-refractivity contribution < 1.29 is 0 Å². The smallest absolute Gasteiger partial charge is 0.0737 e. The molecule has 0 saturated heterocycles. The second kappa shape index (κ2) is 2.78. The van der Waals surface area contributed by atoms with Gasteiger partial charge in [-0.3, -0.25) is 4.98 Å². The van der Waals surface area contributed by atoms with Crippen LogP contribution in [0.5, 0.6) is 0 Å². The van der Waals surface area contributed by atoms with Crippen LogP contribution in [0.2, 0.25) is 0 Å². The molecule has 0 aliphatic heterocycles. The average Bonchev–Trinajstić information content (AvgIpc) is 1.99. The van der Waals surface area contributed by atoms with E-state index >= 15 is 0 Å². The first kappa shape index (κ1) is 7.85. The number of rotatable bonds is 1. The molecule has 0 aromatic carbocycles. The first-order valence-electron chi connectivity index (χ1n) is 3.66. The summed E-state index contributed by atoms with van der Waals surface area (Å²) in [4.78, 5) is 4.11. The molecular weight excluding hydrogens is 138 g/mol. The van der Waals surface area contributed by atoms with Crippen molar-refractivity contribution in [3.05, 3.63) is 17.5 Å². The number of nitrogens with zero attached hydrogens (tertiary/aromatic N) is 1. The highest BCUT2D eigenvalue weighted by Gasteiger charge is 2.04. The lowest BCUT2D eigenvalue weighted by Crippen LogP contribution is -2.03. The Labute approximate surface area is 66.4 Å². The van der Waals surface area contributed by atoms with Gasteiger partial charge >= 0.3 is 0 Å². The zero-order chi connectivity index (χ0) is 8.43. The number of hydrogen-bond donors (Lipinski definition) is 2. The van der Waals surface area contributed by atoms with Crippen molar-refractivity contribution in [3.8, 4) is 0 Å². The van der Waals surface area contributed by atoms with E-state index in [2.05, 4.69) is 4.98 Å². The van der Waals surface area contributed by atoms with Gasteiger partial charge in [0, 0.05) is 5.69 Å². The van der Waals surface area contributed by atoms with Gasteiger partial charge in [-0.05, 0) is 18.9 Å². The van der Waals surface area contributed by atoms with Crippen LogP contribution in [0.15, 0.2) is 6.20 Å². The largest absolute Gasteiger partial charge is 0.397 e. The van der Waals surface area contributed by atoms with E-state index < -0.39 is 0 Å². The summed E-state index contributed by atoms with van der Waals surface area (Å²) in [6, 6.07) is 0. The fourth-order valence-corrected chi connectivity index (χ4v) is 1.13. The molecule has 0 fully saturated rings. The Bertz CT molecular complexity index is 268. The number of anilines is 2. The quantitative estimate of drug-likeness (QED) is 0.632. The Hall–Kier alpha value is -1.25. The Morgan fingerprint density at radius 2 is 2.09 bits per heavy atom. The molecule has 0 amide bonds. The highest BCUT2D eigenvalue weighted by atomic mass is 14.8. The van der Waals surface area contributed by atoms with Crippen LogP contribution in [0, 0.1) is 6.92 Å². The van der Waals surface area contributed by atoms with E-state index in [9.17, 15) is 0 Å². The van der Waals surface area contributed by atoms with E-state index in [1.54, 1.807) is 6.20 Å². The molecule has 0 aliphatic rings. The summed E-state index contributed by atoms with van der Waals surface area (Å²) in [6.45, 7) is 3.98. The molecule has 1 heterocycles. The Kier molecular flexibility index (Phi) is 1.98. The number of hydrogen-bond acceptors (Lipinski definition) is 3. The molecule has 0 saturated carbocycles. The van der Waals surface area contributed by atoms with Crippen molar-refractivity contribution in [2.45, 2.75) is 20.3 Å². The van der Waals surface area contributed by atoms with E-state index in [0.29, 0.717) is 11.4 Å². The Balaban J connectivity index is 3.29. The van der Waals surface area contributed by atoms with Crippen molar-refractivity contribution in [1.29, 1.82) is 0 Å². The predicted molar refractivity (Wildman–Crippen MR) is 47.2 cm³/mol. The lowest BCUT2D eigenvalue weighted by molar-refractivity contribution is 1.06. The average molecular weight is 151 g/mol. The van der Waals surface area contributed by atoms with Crippen molar-refractivity contribution in [2.24, 2.45) is 0 Å². The standard InChI is InChI=1S/C8H13N3/c1-3-6-5(2)11-4-7(9)8(6)10/h4H,3,9H2,1-2H3,(H2,10,11). The van der Waals surface area contributed by atoms with Crippen molar-refractivity contribution in [3.63, 3.8) is 0 Å². The van der Waals surface area contributed by atoms with Gasteiger partial charge in [0.25, 0.3) is 0 Å². The molecule has 1 aromatic heterocycles. The number of nitrogen functional groups attached to an aromatic ring is 2. The van der Waals surface area contributed by atoms with Crippen molar-refractivity contribution in [1.82, 2.24) is 4.98 Å². The van der Waals surface area contributed by atoms with Gasteiger partial charge in [0.2, 0.25) is 0 Å². The molecule has 0 atom stereocenters. The van der Waals surface area contributed by atoms with Gasteiger partial charge in [-0.2, -0.15) is 0 Å². The maximum atomic E-state index is 5.73. The zero-order valence-corrected chi connectivity index (χ0v) is 6.89.